The highest BCUT2D eigenvalue weighted by atomic mass is 16.6. The Morgan fingerprint density at radius 2 is 1.88 bits per heavy atom. The molecule has 5 rings (SSSR count). The van der Waals surface area contributed by atoms with Gasteiger partial charge in [0.15, 0.2) is 0 Å². The summed E-state index contributed by atoms with van der Waals surface area (Å²) in [6.45, 7) is 3.87. The normalized spacial score (nSPS) is 22.9. The molecule has 1 fully saturated rings. The van der Waals surface area contributed by atoms with Crippen molar-refractivity contribution in [2.45, 2.75) is 31.8 Å². The fourth-order valence-corrected chi connectivity index (χ4v) is 4.92. The zero-order chi connectivity index (χ0) is 17.0. The summed E-state index contributed by atoms with van der Waals surface area (Å²) in [4.78, 5) is 17.0. The van der Waals surface area contributed by atoms with E-state index in [9.17, 15) is 4.79 Å². The highest BCUT2D eigenvalue weighted by molar-refractivity contribution is 5.71. The van der Waals surface area contributed by atoms with E-state index in [1.54, 1.807) is 0 Å². The van der Waals surface area contributed by atoms with Crippen LogP contribution in [0, 0.1) is 0 Å². The molecule has 128 valence electrons. The minimum atomic E-state index is -0.168. The van der Waals surface area contributed by atoms with Gasteiger partial charge in [-0.05, 0) is 48.1 Å². The Hall–Kier alpha value is -2.49. The molecule has 4 nitrogen and oxygen atoms in total. The summed E-state index contributed by atoms with van der Waals surface area (Å²) in [6, 6.07) is 15.8. The van der Waals surface area contributed by atoms with Gasteiger partial charge in [-0.2, -0.15) is 0 Å². The summed E-state index contributed by atoms with van der Waals surface area (Å²) in [5.41, 5.74) is 6.95. The number of hydrogen-bond acceptors (Lipinski definition) is 3. The maximum absolute atomic E-state index is 12.5. The third-order valence-electron chi connectivity index (χ3n) is 5.88. The van der Waals surface area contributed by atoms with Crippen molar-refractivity contribution in [2.24, 2.45) is 0 Å². The van der Waals surface area contributed by atoms with Crippen molar-refractivity contribution in [3.8, 4) is 0 Å². The molecule has 4 heteroatoms. The average Bonchev–Trinajstić information content (AvgIpc) is 2.95. The topological polar surface area (TPSA) is 32.8 Å². The van der Waals surface area contributed by atoms with E-state index in [-0.39, 0.29) is 18.2 Å². The minimum Gasteiger partial charge on any atom is -0.450 e. The van der Waals surface area contributed by atoms with Gasteiger partial charge in [-0.15, -0.1) is 0 Å². The molecule has 0 radical (unpaired) electrons. The van der Waals surface area contributed by atoms with Crippen LogP contribution in [0.3, 0.4) is 0 Å². The Kier molecular flexibility index (Phi) is 3.27. The molecule has 1 amide bonds. The summed E-state index contributed by atoms with van der Waals surface area (Å²) in [5, 5.41) is 0. The fourth-order valence-electron chi connectivity index (χ4n) is 4.92. The van der Waals surface area contributed by atoms with E-state index in [4.69, 9.17) is 4.74 Å². The molecular formula is C21H22N2O2. The molecular weight excluding hydrogens is 312 g/mol. The number of para-hydroxylation sites is 1. The van der Waals surface area contributed by atoms with E-state index in [0.29, 0.717) is 6.61 Å². The van der Waals surface area contributed by atoms with Gasteiger partial charge in [0, 0.05) is 18.8 Å². The third kappa shape index (κ3) is 2.10. The number of fused-ring (bicyclic) bond motifs is 2. The van der Waals surface area contributed by atoms with Crippen LogP contribution in [0.4, 0.5) is 10.5 Å². The molecule has 1 saturated heterocycles. The van der Waals surface area contributed by atoms with Crippen LogP contribution in [0.2, 0.25) is 0 Å². The smallest absolute Gasteiger partial charge is 0.410 e. The van der Waals surface area contributed by atoms with Crippen molar-refractivity contribution in [1.82, 2.24) is 4.90 Å². The zero-order valence-corrected chi connectivity index (χ0v) is 14.4. The van der Waals surface area contributed by atoms with E-state index in [1.165, 1.54) is 27.9 Å². The molecule has 2 aliphatic heterocycles. The molecule has 0 aromatic heterocycles. The van der Waals surface area contributed by atoms with Gasteiger partial charge in [-0.3, -0.25) is 0 Å². The number of amides is 1. The van der Waals surface area contributed by atoms with Gasteiger partial charge >= 0.3 is 6.09 Å². The minimum absolute atomic E-state index is 0.162. The van der Waals surface area contributed by atoms with Gasteiger partial charge in [0.05, 0.1) is 18.7 Å². The number of benzene rings is 2. The van der Waals surface area contributed by atoms with Crippen LogP contribution in [0.25, 0.3) is 0 Å². The second kappa shape index (κ2) is 5.51. The standard InChI is InChI=1S/C21H22N2O2/c1-2-25-21(24)23-11-10-22-17-9-4-3-6-14(17)12-15-7-5-8-16-13-18(23)20(22)19(15)16/h3-9,18,20H,2,10-13H2,1H3/t18-,20+/m1/s1. The summed E-state index contributed by atoms with van der Waals surface area (Å²) in [6.07, 6.45) is 1.73. The molecule has 0 bridgehead atoms. The van der Waals surface area contributed by atoms with Crippen molar-refractivity contribution < 1.29 is 9.53 Å². The van der Waals surface area contributed by atoms with Crippen LogP contribution in [0.5, 0.6) is 0 Å². The molecule has 0 spiro atoms. The number of anilines is 1. The van der Waals surface area contributed by atoms with Gasteiger partial charge in [0.1, 0.15) is 0 Å². The van der Waals surface area contributed by atoms with Gasteiger partial charge in [-0.1, -0.05) is 36.4 Å². The predicted molar refractivity (Wildman–Crippen MR) is 97.0 cm³/mol. The van der Waals surface area contributed by atoms with Crippen molar-refractivity contribution in [2.75, 3.05) is 24.6 Å². The first-order valence-electron chi connectivity index (χ1n) is 9.16. The van der Waals surface area contributed by atoms with Gasteiger partial charge in [0.2, 0.25) is 0 Å². The Morgan fingerprint density at radius 3 is 2.76 bits per heavy atom. The van der Waals surface area contributed by atoms with Crippen LogP contribution >= 0.6 is 0 Å². The van der Waals surface area contributed by atoms with Crippen LogP contribution in [-0.4, -0.2) is 36.7 Å². The van der Waals surface area contributed by atoms with E-state index in [0.717, 1.165) is 25.9 Å². The van der Waals surface area contributed by atoms with E-state index >= 15 is 0 Å². The lowest BCUT2D eigenvalue weighted by molar-refractivity contribution is 0.0778. The molecule has 25 heavy (non-hydrogen) atoms. The van der Waals surface area contributed by atoms with Crippen molar-refractivity contribution >= 4 is 11.8 Å². The quantitative estimate of drug-likeness (QED) is 0.800. The monoisotopic (exact) mass is 334 g/mol. The predicted octanol–water partition coefficient (Wildman–Crippen LogP) is 3.54. The lowest BCUT2D eigenvalue weighted by atomic mass is 9.96. The van der Waals surface area contributed by atoms with E-state index < -0.39 is 0 Å². The third-order valence-corrected chi connectivity index (χ3v) is 5.88. The first-order valence-corrected chi connectivity index (χ1v) is 9.16. The van der Waals surface area contributed by atoms with E-state index in [1.807, 2.05) is 11.8 Å². The fraction of sp³-hybridized carbons (Fsp3) is 0.381. The number of nitrogens with zero attached hydrogens (tertiary/aromatic N) is 2. The SMILES string of the molecule is CCOC(=O)N1CCN2c3ccccc3Cc3cccc4c3[C@@H]2[C@H]1C4. The van der Waals surface area contributed by atoms with Gasteiger partial charge in [0.25, 0.3) is 0 Å². The molecule has 0 N–H and O–H groups in total. The first kappa shape index (κ1) is 14.8. The van der Waals surface area contributed by atoms with Crippen molar-refractivity contribution in [1.29, 1.82) is 0 Å². The molecule has 2 aromatic rings. The summed E-state index contributed by atoms with van der Waals surface area (Å²) in [7, 11) is 0. The van der Waals surface area contributed by atoms with Crippen LogP contribution in [0.15, 0.2) is 42.5 Å². The number of rotatable bonds is 1. The zero-order valence-electron chi connectivity index (χ0n) is 14.4. The molecule has 0 unspecified atom stereocenters. The molecule has 0 saturated carbocycles. The molecule has 3 aliphatic rings. The number of hydrogen-bond donors (Lipinski definition) is 0. The Balaban J connectivity index is 1.65. The second-order valence-corrected chi connectivity index (χ2v) is 7.10. The van der Waals surface area contributed by atoms with E-state index in [2.05, 4.69) is 47.4 Å². The molecule has 1 aliphatic carbocycles. The van der Waals surface area contributed by atoms with Crippen LogP contribution < -0.4 is 4.90 Å². The molecule has 2 atom stereocenters. The lowest BCUT2D eigenvalue weighted by Crippen LogP contribution is -2.55. The Labute approximate surface area is 148 Å². The van der Waals surface area contributed by atoms with Crippen LogP contribution in [0.1, 0.15) is 35.2 Å². The van der Waals surface area contributed by atoms with Crippen molar-refractivity contribution in [3.05, 3.63) is 64.7 Å². The van der Waals surface area contributed by atoms with Gasteiger partial charge in [-0.25, -0.2) is 4.79 Å². The van der Waals surface area contributed by atoms with Crippen LogP contribution in [-0.2, 0) is 17.6 Å². The Bertz CT molecular complexity index is 848. The highest BCUT2D eigenvalue weighted by Crippen LogP contribution is 2.48. The first-order chi connectivity index (χ1) is 12.3. The molecule has 2 aromatic carbocycles. The average molecular weight is 334 g/mol. The summed E-state index contributed by atoms with van der Waals surface area (Å²) < 4.78 is 5.34. The van der Waals surface area contributed by atoms with Gasteiger partial charge < -0.3 is 14.5 Å². The maximum atomic E-state index is 12.5. The maximum Gasteiger partial charge on any atom is 0.410 e. The van der Waals surface area contributed by atoms with Crippen molar-refractivity contribution in [3.63, 3.8) is 0 Å². The number of carbonyl (C=O) groups excluding carboxylic acids is 1. The number of piperazine rings is 1. The lowest BCUT2D eigenvalue weighted by Gasteiger charge is -2.45. The summed E-state index contributed by atoms with van der Waals surface area (Å²) in [5.74, 6) is 0. The second-order valence-electron chi connectivity index (χ2n) is 7.10. The number of ether oxygens (including phenoxy) is 1. The summed E-state index contributed by atoms with van der Waals surface area (Å²) >= 11 is 0. The highest BCUT2D eigenvalue weighted by Gasteiger charge is 2.47. The number of carbonyl (C=O) groups is 1. The Morgan fingerprint density at radius 1 is 1.08 bits per heavy atom. The molecule has 2 heterocycles. The largest absolute Gasteiger partial charge is 0.450 e.